The van der Waals surface area contributed by atoms with E-state index in [0.29, 0.717) is 13.0 Å². The molecule has 1 aliphatic rings. The normalized spacial score (nSPS) is 26.6. The van der Waals surface area contributed by atoms with E-state index in [4.69, 9.17) is 4.74 Å². The molecule has 1 fully saturated rings. The third kappa shape index (κ3) is 4.63. The van der Waals surface area contributed by atoms with E-state index in [1.54, 1.807) is 19.2 Å². The predicted molar refractivity (Wildman–Crippen MR) is 87.1 cm³/mol. The van der Waals surface area contributed by atoms with Crippen molar-refractivity contribution in [2.24, 2.45) is 5.92 Å². The van der Waals surface area contributed by atoms with E-state index in [9.17, 15) is 9.50 Å². The summed E-state index contributed by atoms with van der Waals surface area (Å²) in [5, 5.41) is 10.7. The summed E-state index contributed by atoms with van der Waals surface area (Å²) in [6, 6.07) is 6.49. The van der Waals surface area contributed by atoms with Crippen molar-refractivity contribution in [3.05, 3.63) is 41.7 Å². The second kappa shape index (κ2) is 7.86. The highest BCUT2D eigenvalue weighted by molar-refractivity contribution is 5.48. The second-order valence-electron chi connectivity index (χ2n) is 6.21. The molecule has 0 saturated carbocycles. The SMILES string of the molecule is COCC[C@@]1(O)CCN(C/C=C/c2ccc(F)cc2)C[C@@H]1C. The van der Waals surface area contributed by atoms with Gasteiger partial charge in [-0.15, -0.1) is 0 Å². The molecule has 2 rings (SSSR count). The monoisotopic (exact) mass is 307 g/mol. The fraction of sp³-hybridized carbons (Fsp3) is 0.556. The molecule has 0 spiro atoms. The zero-order chi connectivity index (χ0) is 16.0. The number of benzene rings is 1. The first kappa shape index (κ1) is 17.1. The Balaban J connectivity index is 1.82. The first-order chi connectivity index (χ1) is 10.5. The Morgan fingerprint density at radius 1 is 1.41 bits per heavy atom. The standard InChI is InChI=1S/C18H26FNO2/c1-15-14-20(12-9-18(15,21)10-13-22-2)11-3-4-16-5-7-17(19)8-6-16/h3-8,15,21H,9-14H2,1-2H3/b4-3+/t15-,18-/m0/s1. The Morgan fingerprint density at radius 3 is 2.77 bits per heavy atom. The fourth-order valence-electron chi connectivity index (χ4n) is 2.97. The summed E-state index contributed by atoms with van der Waals surface area (Å²) < 4.78 is 17.9. The molecule has 22 heavy (non-hydrogen) atoms. The molecule has 2 atom stereocenters. The van der Waals surface area contributed by atoms with E-state index in [-0.39, 0.29) is 11.7 Å². The van der Waals surface area contributed by atoms with Gasteiger partial charge in [-0.3, -0.25) is 4.90 Å². The third-order valence-electron chi connectivity index (χ3n) is 4.59. The molecular weight excluding hydrogens is 281 g/mol. The zero-order valence-electron chi connectivity index (χ0n) is 13.5. The van der Waals surface area contributed by atoms with Crippen LogP contribution in [-0.4, -0.2) is 49.0 Å². The van der Waals surface area contributed by atoms with Crippen molar-refractivity contribution in [1.29, 1.82) is 0 Å². The summed E-state index contributed by atoms with van der Waals surface area (Å²) >= 11 is 0. The lowest BCUT2D eigenvalue weighted by Crippen LogP contribution is -2.51. The lowest BCUT2D eigenvalue weighted by atomic mass is 9.80. The van der Waals surface area contributed by atoms with Gasteiger partial charge in [-0.05, 0) is 36.5 Å². The summed E-state index contributed by atoms with van der Waals surface area (Å²) in [5.41, 5.74) is 0.399. The van der Waals surface area contributed by atoms with Crippen LogP contribution in [0, 0.1) is 11.7 Å². The number of piperidine rings is 1. The van der Waals surface area contributed by atoms with E-state index in [1.165, 1.54) is 12.1 Å². The van der Waals surface area contributed by atoms with Gasteiger partial charge in [0.1, 0.15) is 5.82 Å². The van der Waals surface area contributed by atoms with Crippen molar-refractivity contribution in [3.8, 4) is 0 Å². The van der Waals surface area contributed by atoms with Gasteiger partial charge in [0, 0.05) is 33.4 Å². The molecule has 0 bridgehead atoms. The number of nitrogens with zero attached hydrogens (tertiary/aromatic N) is 1. The molecule has 3 nitrogen and oxygen atoms in total. The summed E-state index contributed by atoms with van der Waals surface area (Å²) in [5.74, 6) is 0.0213. The summed E-state index contributed by atoms with van der Waals surface area (Å²) in [7, 11) is 1.67. The number of rotatable bonds is 6. The molecule has 0 unspecified atom stereocenters. The highest BCUT2D eigenvalue weighted by atomic mass is 19.1. The number of methoxy groups -OCH3 is 1. The number of likely N-dealkylation sites (tertiary alicyclic amines) is 1. The molecule has 0 aliphatic carbocycles. The van der Waals surface area contributed by atoms with Crippen LogP contribution in [0.15, 0.2) is 30.3 Å². The summed E-state index contributed by atoms with van der Waals surface area (Å²) in [6.07, 6.45) is 5.58. The maximum atomic E-state index is 12.8. The van der Waals surface area contributed by atoms with Crippen LogP contribution in [0.25, 0.3) is 6.08 Å². The topological polar surface area (TPSA) is 32.7 Å². The number of ether oxygens (including phenoxy) is 1. The Bertz CT molecular complexity index is 488. The highest BCUT2D eigenvalue weighted by Gasteiger charge is 2.37. The van der Waals surface area contributed by atoms with Crippen molar-refractivity contribution in [3.63, 3.8) is 0 Å². The molecule has 0 aromatic heterocycles. The first-order valence-corrected chi connectivity index (χ1v) is 7.89. The van der Waals surface area contributed by atoms with Crippen molar-refractivity contribution in [2.75, 3.05) is 33.4 Å². The van der Waals surface area contributed by atoms with Crippen molar-refractivity contribution in [1.82, 2.24) is 4.90 Å². The Labute approximate surface area is 132 Å². The molecule has 4 heteroatoms. The molecule has 122 valence electrons. The van der Waals surface area contributed by atoms with Gasteiger partial charge in [0.25, 0.3) is 0 Å². The maximum Gasteiger partial charge on any atom is 0.123 e. The minimum atomic E-state index is -0.604. The van der Waals surface area contributed by atoms with E-state index in [2.05, 4.69) is 17.9 Å². The molecule has 1 N–H and O–H groups in total. The van der Waals surface area contributed by atoms with Crippen molar-refractivity contribution >= 4 is 6.08 Å². The van der Waals surface area contributed by atoms with Crippen LogP contribution >= 0.6 is 0 Å². The molecule has 1 saturated heterocycles. The number of halogens is 1. The Kier molecular flexibility index (Phi) is 6.12. The molecule has 1 aromatic rings. The number of hydrogen-bond acceptors (Lipinski definition) is 3. The first-order valence-electron chi connectivity index (χ1n) is 7.89. The number of aliphatic hydroxyl groups is 1. The van der Waals surface area contributed by atoms with Crippen LogP contribution in [0.1, 0.15) is 25.3 Å². The third-order valence-corrected chi connectivity index (χ3v) is 4.59. The lowest BCUT2D eigenvalue weighted by molar-refractivity contribution is -0.0793. The van der Waals surface area contributed by atoms with Crippen LogP contribution in [0.3, 0.4) is 0 Å². The fourth-order valence-corrected chi connectivity index (χ4v) is 2.97. The van der Waals surface area contributed by atoms with Gasteiger partial charge in [0.05, 0.1) is 5.60 Å². The quantitative estimate of drug-likeness (QED) is 0.877. The van der Waals surface area contributed by atoms with Gasteiger partial charge in [-0.2, -0.15) is 0 Å². The predicted octanol–water partition coefficient (Wildman–Crippen LogP) is 2.95. The van der Waals surface area contributed by atoms with Gasteiger partial charge in [-0.1, -0.05) is 31.2 Å². The lowest BCUT2D eigenvalue weighted by Gasteiger charge is -2.43. The molecule has 0 amide bonds. The second-order valence-corrected chi connectivity index (χ2v) is 6.21. The largest absolute Gasteiger partial charge is 0.389 e. The Morgan fingerprint density at radius 2 is 2.14 bits per heavy atom. The summed E-state index contributed by atoms with van der Waals surface area (Å²) in [4.78, 5) is 2.34. The van der Waals surface area contributed by atoms with Gasteiger partial charge < -0.3 is 9.84 Å². The van der Waals surface area contributed by atoms with Crippen LogP contribution in [-0.2, 0) is 4.74 Å². The van der Waals surface area contributed by atoms with E-state index >= 15 is 0 Å². The van der Waals surface area contributed by atoms with Crippen LogP contribution in [0.2, 0.25) is 0 Å². The summed E-state index contributed by atoms with van der Waals surface area (Å²) in [6.45, 7) is 5.32. The molecule has 1 aromatic carbocycles. The van der Waals surface area contributed by atoms with E-state index < -0.39 is 5.60 Å². The van der Waals surface area contributed by atoms with Crippen molar-refractivity contribution in [2.45, 2.75) is 25.4 Å². The van der Waals surface area contributed by atoms with Crippen LogP contribution in [0.5, 0.6) is 0 Å². The van der Waals surface area contributed by atoms with E-state index in [1.807, 2.05) is 6.08 Å². The van der Waals surface area contributed by atoms with Crippen LogP contribution < -0.4 is 0 Å². The van der Waals surface area contributed by atoms with Gasteiger partial charge in [0.15, 0.2) is 0 Å². The van der Waals surface area contributed by atoms with Crippen LogP contribution in [0.4, 0.5) is 4.39 Å². The van der Waals surface area contributed by atoms with Gasteiger partial charge in [-0.25, -0.2) is 4.39 Å². The minimum Gasteiger partial charge on any atom is -0.389 e. The smallest absolute Gasteiger partial charge is 0.123 e. The maximum absolute atomic E-state index is 12.8. The molecule has 1 aliphatic heterocycles. The van der Waals surface area contributed by atoms with Gasteiger partial charge in [0.2, 0.25) is 0 Å². The Hall–Kier alpha value is -1.23. The van der Waals surface area contributed by atoms with Crippen molar-refractivity contribution < 1.29 is 14.2 Å². The minimum absolute atomic E-state index is 0.211. The molecule has 1 heterocycles. The average molecular weight is 307 g/mol. The molecule has 0 radical (unpaired) electrons. The van der Waals surface area contributed by atoms with Gasteiger partial charge >= 0.3 is 0 Å². The zero-order valence-corrected chi connectivity index (χ0v) is 13.5. The average Bonchev–Trinajstić information content (AvgIpc) is 2.51. The highest BCUT2D eigenvalue weighted by Crippen LogP contribution is 2.30. The number of hydrogen-bond donors (Lipinski definition) is 1. The molecular formula is C18H26FNO2. The van der Waals surface area contributed by atoms with E-state index in [0.717, 1.165) is 31.6 Å².